The van der Waals surface area contributed by atoms with E-state index in [4.69, 9.17) is 9.52 Å². The summed E-state index contributed by atoms with van der Waals surface area (Å²) in [4.78, 5) is 10.6. The molecular formula is C12H19NO4. The lowest BCUT2D eigenvalue weighted by Gasteiger charge is -2.13. The molecule has 1 rings (SSSR count). The van der Waals surface area contributed by atoms with E-state index in [2.05, 4.69) is 5.32 Å². The standard InChI is InChI=1S/C12H19NO4/c1-3-9(14)6-7-13-8(2)10-4-5-11(17-10)12(15)16/h4-5,8-9,13-14H,3,6-7H2,1-2H3,(H,15,16). The predicted molar refractivity (Wildman–Crippen MR) is 63.0 cm³/mol. The molecule has 0 amide bonds. The normalized spacial score (nSPS) is 14.5. The third-order valence-corrected chi connectivity index (χ3v) is 2.66. The SMILES string of the molecule is CCC(O)CCNC(C)c1ccc(C(=O)O)o1. The van der Waals surface area contributed by atoms with Gasteiger partial charge < -0.3 is 19.9 Å². The van der Waals surface area contributed by atoms with Gasteiger partial charge in [-0.15, -0.1) is 0 Å². The summed E-state index contributed by atoms with van der Waals surface area (Å²) in [6, 6.07) is 3.03. The third-order valence-electron chi connectivity index (χ3n) is 2.66. The van der Waals surface area contributed by atoms with Crippen LogP contribution in [0.25, 0.3) is 0 Å². The highest BCUT2D eigenvalue weighted by molar-refractivity contribution is 5.84. The van der Waals surface area contributed by atoms with Crippen molar-refractivity contribution in [3.05, 3.63) is 23.7 Å². The first kappa shape index (κ1) is 13.7. The van der Waals surface area contributed by atoms with Crippen molar-refractivity contribution >= 4 is 5.97 Å². The Kier molecular flexibility index (Phi) is 5.18. The van der Waals surface area contributed by atoms with Gasteiger partial charge in [0.1, 0.15) is 5.76 Å². The smallest absolute Gasteiger partial charge is 0.371 e. The van der Waals surface area contributed by atoms with Crippen LogP contribution in [0.15, 0.2) is 16.5 Å². The number of hydrogen-bond acceptors (Lipinski definition) is 4. The Bertz CT molecular complexity index is 361. The van der Waals surface area contributed by atoms with Crippen molar-refractivity contribution in [2.45, 2.75) is 38.8 Å². The Morgan fingerprint density at radius 3 is 2.76 bits per heavy atom. The minimum atomic E-state index is -1.06. The van der Waals surface area contributed by atoms with Crippen LogP contribution in [-0.4, -0.2) is 28.8 Å². The van der Waals surface area contributed by atoms with E-state index in [1.165, 1.54) is 6.07 Å². The van der Waals surface area contributed by atoms with E-state index in [1.807, 2.05) is 13.8 Å². The first-order valence-corrected chi connectivity index (χ1v) is 5.79. The van der Waals surface area contributed by atoms with Gasteiger partial charge in [-0.25, -0.2) is 4.79 Å². The Morgan fingerprint density at radius 1 is 1.53 bits per heavy atom. The van der Waals surface area contributed by atoms with Crippen LogP contribution in [0.2, 0.25) is 0 Å². The Labute approximate surface area is 100 Å². The van der Waals surface area contributed by atoms with Crippen LogP contribution >= 0.6 is 0 Å². The Hall–Kier alpha value is -1.33. The zero-order chi connectivity index (χ0) is 12.8. The molecule has 0 radical (unpaired) electrons. The third kappa shape index (κ3) is 4.20. The summed E-state index contributed by atoms with van der Waals surface area (Å²) in [6.45, 7) is 4.49. The molecule has 2 unspecified atom stereocenters. The van der Waals surface area contributed by atoms with Crippen molar-refractivity contribution in [2.75, 3.05) is 6.54 Å². The molecule has 1 heterocycles. The van der Waals surface area contributed by atoms with Gasteiger partial charge in [-0.3, -0.25) is 0 Å². The van der Waals surface area contributed by atoms with E-state index in [-0.39, 0.29) is 17.9 Å². The Balaban J connectivity index is 2.41. The lowest BCUT2D eigenvalue weighted by molar-refractivity contribution is 0.0659. The summed E-state index contributed by atoms with van der Waals surface area (Å²) < 4.78 is 5.17. The average Bonchev–Trinajstić information content (AvgIpc) is 2.78. The van der Waals surface area contributed by atoms with E-state index >= 15 is 0 Å². The lowest BCUT2D eigenvalue weighted by Crippen LogP contribution is -2.23. The highest BCUT2D eigenvalue weighted by Gasteiger charge is 2.13. The lowest BCUT2D eigenvalue weighted by atomic mass is 10.2. The number of nitrogens with one attached hydrogen (secondary N) is 1. The van der Waals surface area contributed by atoms with E-state index < -0.39 is 5.97 Å². The fourth-order valence-corrected chi connectivity index (χ4v) is 1.47. The second-order valence-corrected chi connectivity index (χ2v) is 4.03. The molecule has 0 spiro atoms. The topological polar surface area (TPSA) is 82.7 Å². The monoisotopic (exact) mass is 241 g/mol. The number of carboxylic acid groups (broad SMARTS) is 1. The maximum atomic E-state index is 10.6. The number of carboxylic acids is 1. The van der Waals surface area contributed by atoms with Gasteiger partial charge in [0.2, 0.25) is 5.76 Å². The molecule has 3 N–H and O–H groups in total. The number of furan rings is 1. The highest BCUT2D eigenvalue weighted by atomic mass is 16.4. The van der Waals surface area contributed by atoms with Gasteiger partial charge in [0.05, 0.1) is 12.1 Å². The van der Waals surface area contributed by atoms with Crippen LogP contribution in [0.4, 0.5) is 0 Å². The zero-order valence-electron chi connectivity index (χ0n) is 10.1. The van der Waals surface area contributed by atoms with Crippen molar-refractivity contribution in [3.63, 3.8) is 0 Å². The van der Waals surface area contributed by atoms with Crippen LogP contribution in [0, 0.1) is 0 Å². The van der Waals surface area contributed by atoms with Gasteiger partial charge in [0, 0.05) is 0 Å². The van der Waals surface area contributed by atoms with Crippen molar-refractivity contribution in [1.29, 1.82) is 0 Å². The number of aliphatic hydroxyl groups is 1. The fourth-order valence-electron chi connectivity index (χ4n) is 1.47. The number of aromatic carboxylic acids is 1. The molecule has 0 saturated heterocycles. The molecule has 0 aromatic carbocycles. The second kappa shape index (κ2) is 6.42. The molecule has 5 heteroatoms. The maximum Gasteiger partial charge on any atom is 0.371 e. The minimum absolute atomic E-state index is 0.0535. The molecule has 0 saturated carbocycles. The number of carbonyl (C=O) groups is 1. The molecule has 96 valence electrons. The highest BCUT2D eigenvalue weighted by Crippen LogP contribution is 2.16. The molecule has 0 aliphatic carbocycles. The molecule has 1 aromatic rings. The summed E-state index contributed by atoms with van der Waals surface area (Å²) in [5, 5.41) is 21.3. The van der Waals surface area contributed by atoms with Crippen LogP contribution in [0.5, 0.6) is 0 Å². The van der Waals surface area contributed by atoms with Crippen LogP contribution in [0.3, 0.4) is 0 Å². The van der Waals surface area contributed by atoms with Crippen LogP contribution in [-0.2, 0) is 0 Å². The average molecular weight is 241 g/mol. The summed E-state index contributed by atoms with van der Waals surface area (Å²) in [5.41, 5.74) is 0. The molecule has 0 fully saturated rings. The largest absolute Gasteiger partial charge is 0.475 e. The van der Waals surface area contributed by atoms with Crippen molar-refractivity contribution in [1.82, 2.24) is 5.32 Å². The van der Waals surface area contributed by atoms with Crippen molar-refractivity contribution in [2.24, 2.45) is 0 Å². The van der Waals surface area contributed by atoms with Gasteiger partial charge in [-0.05, 0) is 38.4 Å². The van der Waals surface area contributed by atoms with Crippen molar-refractivity contribution in [3.8, 4) is 0 Å². The number of aliphatic hydroxyl groups excluding tert-OH is 1. The van der Waals surface area contributed by atoms with Crippen LogP contribution < -0.4 is 5.32 Å². The van der Waals surface area contributed by atoms with Gasteiger partial charge in [0.25, 0.3) is 0 Å². The molecule has 17 heavy (non-hydrogen) atoms. The molecule has 2 atom stereocenters. The van der Waals surface area contributed by atoms with E-state index in [9.17, 15) is 9.90 Å². The van der Waals surface area contributed by atoms with E-state index in [0.29, 0.717) is 18.7 Å². The maximum absolute atomic E-state index is 10.6. The Morgan fingerprint density at radius 2 is 2.24 bits per heavy atom. The molecule has 0 aliphatic rings. The van der Waals surface area contributed by atoms with Gasteiger partial charge in [-0.2, -0.15) is 0 Å². The zero-order valence-corrected chi connectivity index (χ0v) is 10.1. The molecule has 1 aromatic heterocycles. The summed E-state index contributed by atoms with van der Waals surface area (Å²) in [5.74, 6) is -0.527. The van der Waals surface area contributed by atoms with E-state index in [0.717, 1.165) is 6.42 Å². The van der Waals surface area contributed by atoms with E-state index in [1.54, 1.807) is 6.07 Å². The summed E-state index contributed by atoms with van der Waals surface area (Å²) >= 11 is 0. The first-order valence-electron chi connectivity index (χ1n) is 5.79. The summed E-state index contributed by atoms with van der Waals surface area (Å²) in [6.07, 6.45) is 1.12. The number of hydrogen-bond donors (Lipinski definition) is 3. The summed E-state index contributed by atoms with van der Waals surface area (Å²) in [7, 11) is 0. The molecule has 0 aliphatic heterocycles. The fraction of sp³-hybridized carbons (Fsp3) is 0.583. The van der Waals surface area contributed by atoms with Gasteiger partial charge in [-0.1, -0.05) is 6.92 Å². The van der Waals surface area contributed by atoms with Gasteiger partial charge in [0.15, 0.2) is 0 Å². The molecular weight excluding hydrogens is 222 g/mol. The predicted octanol–water partition coefficient (Wildman–Crippen LogP) is 1.79. The first-order chi connectivity index (χ1) is 8.04. The second-order valence-electron chi connectivity index (χ2n) is 4.03. The number of rotatable bonds is 7. The van der Waals surface area contributed by atoms with Crippen molar-refractivity contribution < 1.29 is 19.4 Å². The van der Waals surface area contributed by atoms with Gasteiger partial charge >= 0.3 is 5.97 Å². The minimum Gasteiger partial charge on any atom is -0.475 e. The molecule has 0 bridgehead atoms. The quantitative estimate of drug-likeness (QED) is 0.678. The van der Waals surface area contributed by atoms with Crippen LogP contribution in [0.1, 0.15) is 49.0 Å². The molecule has 5 nitrogen and oxygen atoms in total.